The van der Waals surface area contributed by atoms with Crippen molar-refractivity contribution in [3.8, 4) is 16.9 Å². The van der Waals surface area contributed by atoms with Crippen LogP contribution in [0.1, 0.15) is 49.1 Å². The molecule has 1 aliphatic carbocycles. The Morgan fingerprint density at radius 3 is 2.47 bits per heavy atom. The number of benzene rings is 2. The first kappa shape index (κ1) is 23.9. The minimum atomic E-state index is -3.30. The second-order valence-corrected chi connectivity index (χ2v) is 11.5. The van der Waals surface area contributed by atoms with Gasteiger partial charge in [0, 0.05) is 6.26 Å². The number of nitriles is 1. The average molecular weight is 496 g/mol. The number of rotatable bonds is 8. The van der Waals surface area contributed by atoms with Crippen molar-refractivity contribution in [3.05, 3.63) is 65.9 Å². The van der Waals surface area contributed by atoms with Gasteiger partial charge in [-0.1, -0.05) is 49.2 Å². The first-order valence-corrected chi connectivity index (χ1v) is 13.8. The van der Waals surface area contributed by atoms with E-state index >= 15 is 0 Å². The predicted octanol–water partition coefficient (Wildman–Crippen LogP) is 5.51. The van der Waals surface area contributed by atoms with Crippen LogP contribution in [0.2, 0.25) is 0 Å². The first-order chi connectivity index (χ1) is 16.3. The summed E-state index contributed by atoms with van der Waals surface area (Å²) in [5, 5.41) is 12.8. The van der Waals surface area contributed by atoms with Crippen molar-refractivity contribution in [1.29, 1.82) is 5.26 Å². The Kier molecular flexibility index (Phi) is 7.29. The number of anilines is 1. The fourth-order valence-corrected chi connectivity index (χ4v) is 5.51. The lowest BCUT2D eigenvalue weighted by Crippen LogP contribution is -2.23. The summed E-state index contributed by atoms with van der Waals surface area (Å²) in [5.74, 6) is 0.476. The molecule has 2 aromatic carbocycles. The molecule has 176 valence electrons. The van der Waals surface area contributed by atoms with E-state index in [4.69, 9.17) is 10.00 Å². The number of nitrogens with one attached hydrogen (secondary N) is 1. The van der Waals surface area contributed by atoms with Crippen LogP contribution in [0.4, 0.5) is 5.13 Å². The van der Waals surface area contributed by atoms with Crippen LogP contribution in [-0.4, -0.2) is 25.6 Å². The Labute approximate surface area is 203 Å². The van der Waals surface area contributed by atoms with Crippen molar-refractivity contribution < 1.29 is 17.9 Å². The number of aromatic nitrogens is 1. The highest BCUT2D eigenvalue weighted by atomic mass is 32.2. The molecule has 0 saturated heterocycles. The summed E-state index contributed by atoms with van der Waals surface area (Å²) in [7, 11) is -3.30. The molecule has 1 saturated carbocycles. The van der Waals surface area contributed by atoms with Crippen molar-refractivity contribution in [3.63, 3.8) is 0 Å². The van der Waals surface area contributed by atoms with Crippen molar-refractivity contribution in [2.75, 3.05) is 11.6 Å². The number of thiazole rings is 1. The largest absolute Gasteiger partial charge is 0.445 e. The highest BCUT2D eigenvalue weighted by molar-refractivity contribution is 7.90. The molecule has 1 aromatic heterocycles. The lowest BCUT2D eigenvalue weighted by Gasteiger charge is -2.20. The zero-order valence-electron chi connectivity index (χ0n) is 18.7. The highest BCUT2D eigenvalue weighted by Crippen LogP contribution is 2.36. The van der Waals surface area contributed by atoms with Gasteiger partial charge in [-0.2, -0.15) is 5.26 Å². The molecule has 0 bridgehead atoms. The normalized spacial score (nSPS) is 14.9. The molecule has 1 aliphatic rings. The summed E-state index contributed by atoms with van der Waals surface area (Å²) in [6.07, 6.45) is 7.99. The van der Waals surface area contributed by atoms with E-state index in [0.29, 0.717) is 33.8 Å². The molecule has 0 spiro atoms. The fourth-order valence-electron chi connectivity index (χ4n) is 4.19. The second kappa shape index (κ2) is 10.4. The van der Waals surface area contributed by atoms with Crippen LogP contribution in [0.25, 0.3) is 0 Å². The van der Waals surface area contributed by atoms with E-state index < -0.39 is 15.8 Å². The number of carbonyl (C=O) groups is 1. The number of amides is 1. The van der Waals surface area contributed by atoms with Crippen LogP contribution < -0.4 is 10.1 Å². The standard InChI is InChI=1S/C25H25N3O4S2/c1-34(30,31)21-12-8-19(9-13-21)22(14-17-4-2-3-5-17)24(29)28-25-27-16-23(33-25)32-20-10-6-18(15-26)7-11-20/h6-13,16-17,22H,2-5,14H2,1H3,(H,27,28,29)/t22-/m1/s1. The molecule has 34 heavy (non-hydrogen) atoms. The number of ether oxygens (including phenoxy) is 1. The summed E-state index contributed by atoms with van der Waals surface area (Å²) in [6.45, 7) is 0. The highest BCUT2D eigenvalue weighted by Gasteiger charge is 2.27. The van der Waals surface area contributed by atoms with E-state index in [1.165, 1.54) is 30.4 Å². The van der Waals surface area contributed by atoms with E-state index in [1.54, 1.807) is 54.7 Å². The molecule has 1 N–H and O–H groups in total. The Bertz CT molecular complexity index is 1290. The third kappa shape index (κ3) is 6.01. The Morgan fingerprint density at radius 1 is 1.18 bits per heavy atom. The van der Waals surface area contributed by atoms with Gasteiger partial charge in [0.05, 0.1) is 28.6 Å². The summed E-state index contributed by atoms with van der Waals surface area (Å²) in [6, 6.07) is 15.4. The average Bonchev–Trinajstić information content (AvgIpc) is 3.49. The van der Waals surface area contributed by atoms with Gasteiger partial charge in [0.15, 0.2) is 15.0 Å². The summed E-state index contributed by atoms with van der Waals surface area (Å²) < 4.78 is 29.4. The van der Waals surface area contributed by atoms with E-state index in [0.717, 1.165) is 18.4 Å². The fraction of sp³-hybridized carbons (Fsp3) is 0.320. The maximum absolute atomic E-state index is 13.3. The molecule has 0 unspecified atom stereocenters. The Balaban J connectivity index is 1.48. The molecular formula is C25H25N3O4S2. The lowest BCUT2D eigenvalue weighted by molar-refractivity contribution is -0.118. The van der Waals surface area contributed by atoms with Crippen LogP contribution in [0, 0.1) is 17.2 Å². The van der Waals surface area contributed by atoms with E-state index in [9.17, 15) is 13.2 Å². The third-order valence-electron chi connectivity index (χ3n) is 5.99. The number of hydrogen-bond acceptors (Lipinski definition) is 7. The maximum atomic E-state index is 13.3. The molecule has 3 aromatic rings. The van der Waals surface area contributed by atoms with Crippen LogP contribution in [0.3, 0.4) is 0 Å². The lowest BCUT2D eigenvalue weighted by atomic mass is 9.87. The van der Waals surface area contributed by atoms with Gasteiger partial charge in [-0.25, -0.2) is 13.4 Å². The molecule has 1 amide bonds. The molecular weight excluding hydrogens is 470 g/mol. The quantitative estimate of drug-likeness (QED) is 0.441. The molecule has 0 aliphatic heterocycles. The molecule has 1 heterocycles. The molecule has 1 atom stereocenters. The van der Waals surface area contributed by atoms with Gasteiger partial charge in [-0.3, -0.25) is 4.79 Å². The van der Waals surface area contributed by atoms with Gasteiger partial charge in [0.1, 0.15) is 5.75 Å². The predicted molar refractivity (Wildman–Crippen MR) is 131 cm³/mol. The summed E-state index contributed by atoms with van der Waals surface area (Å²) in [5.41, 5.74) is 1.34. The SMILES string of the molecule is CS(=O)(=O)c1ccc([C@@H](CC2CCCC2)C(=O)Nc2ncc(Oc3ccc(C#N)cc3)s2)cc1. The molecule has 7 nitrogen and oxygen atoms in total. The van der Waals surface area contributed by atoms with Gasteiger partial charge in [-0.15, -0.1) is 0 Å². The Hall–Kier alpha value is -3.22. The van der Waals surface area contributed by atoms with Crippen molar-refractivity contribution >= 4 is 32.2 Å². The smallest absolute Gasteiger partial charge is 0.233 e. The number of sulfone groups is 1. The van der Waals surface area contributed by atoms with Gasteiger partial charge in [0.25, 0.3) is 0 Å². The van der Waals surface area contributed by atoms with E-state index in [2.05, 4.69) is 16.4 Å². The number of hydrogen-bond donors (Lipinski definition) is 1. The minimum Gasteiger partial charge on any atom is -0.445 e. The monoisotopic (exact) mass is 495 g/mol. The molecule has 0 radical (unpaired) electrons. The minimum absolute atomic E-state index is 0.168. The molecule has 4 rings (SSSR count). The first-order valence-electron chi connectivity index (χ1n) is 11.1. The number of nitrogens with zero attached hydrogens (tertiary/aromatic N) is 2. The molecule has 9 heteroatoms. The van der Waals surface area contributed by atoms with Crippen LogP contribution >= 0.6 is 11.3 Å². The van der Waals surface area contributed by atoms with Crippen molar-refractivity contribution in [1.82, 2.24) is 4.98 Å². The zero-order chi connectivity index (χ0) is 24.1. The van der Waals surface area contributed by atoms with Crippen LogP contribution in [-0.2, 0) is 14.6 Å². The van der Waals surface area contributed by atoms with E-state index in [-0.39, 0.29) is 10.8 Å². The topological polar surface area (TPSA) is 109 Å². The van der Waals surface area contributed by atoms with Crippen molar-refractivity contribution in [2.24, 2.45) is 5.92 Å². The van der Waals surface area contributed by atoms with Gasteiger partial charge in [0.2, 0.25) is 11.0 Å². The maximum Gasteiger partial charge on any atom is 0.233 e. The van der Waals surface area contributed by atoms with Crippen LogP contribution in [0.5, 0.6) is 10.8 Å². The van der Waals surface area contributed by atoms with Gasteiger partial charge < -0.3 is 10.1 Å². The van der Waals surface area contributed by atoms with Crippen LogP contribution in [0.15, 0.2) is 59.6 Å². The third-order valence-corrected chi connectivity index (χ3v) is 7.91. The second-order valence-electron chi connectivity index (χ2n) is 8.49. The summed E-state index contributed by atoms with van der Waals surface area (Å²) >= 11 is 1.22. The zero-order valence-corrected chi connectivity index (χ0v) is 20.4. The number of carbonyl (C=O) groups excluding carboxylic acids is 1. The van der Waals surface area contributed by atoms with Gasteiger partial charge >= 0.3 is 0 Å². The Morgan fingerprint density at radius 2 is 1.85 bits per heavy atom. The van der Waals surface area contributed by atoms with E-state index in [1.807, 2.05) is 0 Å². The van der Waals surface area contributed by atoms with Gasteiger partial charge in [-0.05, 0) is 54.3 Å². The van der Waals surface area contributed by atoms with Crippen molar-refractivity contribution in [2.45, 2.75) is 42.9 Å². The summed E-state index contributed by atoms with van der Waals surface area (Å²) in [4.78, 5) is 17.8. The molecule has 1 fully saturated rings.